The van der Waals surface area contributed by atoms with Crippen LogP contribution in [0.5, 0.6) is 0 Å². The summed E-state index contributed by atoms with van der Waals surface area (Å²) in [4.78, 5) is 10.2. The van der Waals surface area contributed by atoms with E-state index >= 15 is 0 Å². The molecule has 2 aromatic rings. The summed E-state index contributed by atoms with van der Waals surface area (Å²) < 4.78 is 4.57. The van der Waals surface area contributed by atoms with Gasteiger partial charge in [0.15, 0.2) is 0 Å². The van der Waals surface area contributed by atoms with Crippen molar-refractivity contribution in [2.75, 3.05) is 0 Å². The van der Waals surface area contributed by atoms with Crippen molar-refractivity contribution in [3.63, 3.8) is 0 Å². The molecule has 0 radical (unpaired) electrons. The lowest BCUT2D eigenvalue weighted by Crippen LogP contribution is -2.21. The minimum atomic E-state index is -0.742. The Kier molecular flexibility index (Phi) is 8.38. The number of hydrogen-bond donors (Lipinski definition) is 2. The van der Waals surface area contributed by atoms with Crippen LogP contribution in [0.1, 0.15) is 25.0 Å². The van der Waals surface area contributed by atoms with Gasteiger partial charge in [-0.1, -0.05) is 74.5 Å². The zero-order valence-corrected chi connectivity index (χ0v) is 13.2. The molecule has 0 atom stereocenters. The van der Waals surface area contributed by atoms with Gasteiger partial charge in [-0.2, -0.15) is 0 Å². The normalized spacial score (nSPS) is 9.77. The molecule has 0 spiro atoms. The lowest BCUT2D eigenvalue weighted by Gasteiger charge is -2.06. The summed E-state index contributed by atoms with van der Waals surface area (Å²) in [6.45, 7) is 5.53. The Morgan fingerprint density at radius 3 is 1.95 bits per heavy atom. The van der Waals surface area contributed by atoms with Crippen molar-refractivity contribution in [2.24, 2.45) is 5.73 Å². The molecule has 0 saturated heterocycles. The summed E-state index contributed by atoms with van der Waals surface area (Å²) in [5.41, 5.74) is 7.06. The van der Waals surface area contributed by atoms with Crippen LogP contribution >= 0.6 is 0 Å². The maximum atomic E-state index is 10.2. The monoisotopic (exact) mass is 300 g/mol. The molecule has 22 heavy (non-hydrogen) atoms. The van der Waals surface area contributed by atoms with Crippen molar-refractivity contribution in [3.8, 4) is 0 Å². The average molecular weight is 300 g/mol. The second-order valence-corrected chi connectivity index (χ2v) is 5.11. The zero-order valence-electron chi connectivity index (χ0n) is 13.2. The Bertz CT molecular complexity index is 527. The highest BCUT2D eigenvalue weighted by molar-refractivity contribution is 5.64. The van der Waals surface area contributed by atoms with Gasteiger partial charge < -0.3 is 15.8 Å². The van der Waals surface area contributed by atoms with Crippen molar-refractivity contribution in [1.29, 1.82) is 0 Å². The molecule has 0 aliphatic rings. The lowest BCUT2D eigenvalue weighted by molar-refractivity contribution is 0.150. The smallest absolute Gasteiger partial charge is 0.404 e. The number of benzene rings is 2. The number of nitrogens with one attached hydrogen (secondary N) is 1. The van der Waals surface area contributed by atoms with Crippen LogP contribution in [0.15, 0.2) is 60.7 Å². The first kappa shape index (κ1) is 17.7. The van der Waals surface area contributed by atoms with Crippen molar-refractivity contribution in [3.05, 3.63) is 71.8 Å². The first-order valence-corrected chi connectivity index (χ1v) is 7.31. The number of hydrogen-bond acceptors (Lipinski definition) is 3. The Hall–Kier alpha value is -2.33. The van der Waals surface area contributed by atoms with Crippen LogP contribution in [0.3, 0.4) is 0 Å². The van der Waals surface area contributed by atoms with Gasteiger partial charge in [0.25, 0.3) is 0 Å². The predicted molar refractivity (Wildman–Crippen MR) is 89.2 cm³/mol. The van der Waals surface area contributed by atoms with Gasteiger partial charge in [-0.25, -0.2) is 4.79 Å². The van der Waals surface area contributed by atoms with E-state index in [0.29, 0.717) is 6.04 Å². The summed E-state index contributed by atoms with van der Waals surface area (Å²) in [5.74, 6) is 0. The number of amides is 1. The summed E-state index contributed by atoms with van der Waals surface area (Å²) in [6.07, 6.45) is -0.742. The fraction of sp³-hybridized carbons (Fsp3) is 0.278. The highest BCUT2D eigenvalue weighted by Crippen LogP contribution is 1.99. The first-order chi connectivity index (χ1) is 10.6. The molecule has 2 rings (SSSR count). The molecule has 0 unspecified atom stereocenters. The number of ether oxygens (including phenoxy) is 1. The van der Waals surface area contributed by atoms with Crippen LogP contribution in [-0.4, -0.2) is 12.1 Å². The highest BCUT2D eigenvalue weighted by Gasteiger charge is 1.94. The molecule has 0 aromatic heterocycles. The van der Waals surface area contributed by atoms with Gasteiger partial charge in [-0.05, 0) is 11.1 Å². The summed E-state index contributed by atoms with van der Waals surface area (Å²) in [5, 5.41) is 3.36. The van der Waals surface area contributed by atoms with Gasteiger partial charge in [0.1, 0.15) is 6.61 Å². The molecule has 1 amide bonds. The molecule has 0 saturated carbocycles. The van der Waals surface area contributed by atoms with E-state index in [2.05, 4.69) is 48.2 Å². The fourth-order valence-electron chi connectivity index (χ4n) is 1.65. The Morgan fingerprint density at radius 2 is 1.50 bits per heavy atom. The summed E-state index contributed by atoms with van der Waals surface area (Å²) in [6, 6.07) is 20.4. The number of carbonyl (C=O) groups excluding carboxylic acids is 1. The maximum Gasteiger partial charge on any atom is 0.404 e. The van der Waals surface area contributed by atoms with Crippen molar-refractivity contribution < 1.29 is 9.53 Å². The topological polar surface area (TPSA) is 64.3 Å². The quantitative estimate of drug-likeness (QED) is 0.888. The summed E-state index contributed by atoms with van der Waals surface area (Å²) >= 11 is 0. The second kappa shape index (κ2) is 10.4. The van der Waals surface area contributed by atoms with Crippen LogP contribution in [-0.2, 0) is 17.9 Å². The molecular formula is C18H24N2O2. The van der Waals surface area contributed by atoms with Crippen LogP contribution < -0.4 is 11.1 Å². The van der Waals surface area contributed by atoms with Crippen LogP contribution in [0, 0.1) is 0 Å². The predicted octanol–water partition coefficient (Wildman–Crippen LogP) is 3.47. The lowest BCUT2D eigenvalue weighted by atomic mass is 10.2. The SMILES string of the molecule is CC(C)NCc1ccccc1.NC(=O)OCc1ccccc1. The molecule has 0 aliphatic heterocycles. The fourth-order valence-corrected chi connectivity index (χ4v) is 1.65. The van der Waals surface area contributed by atoms with Gasteiger partial charge >= 0.3 is 6.09 Å². The molecule has 0 fully saturated rings. The van der Waals surface area contributed by atoms with E-state index < -0.39 is 6.09 Å². The van der Waals surface area contributed by atoms with E-state index in [1.807, 2.05) is 36.4 Å². The van der Waals surface area contributed by atoms with E-state index in [-0.39, 0.29) is 6.61 Å². The largest absolute Gasteiger partial charge is 0.445 e. The third kappa shape index (κ3) is 8.76. The minimum Gasteiger partial charge on any atom is -0.445 e. The van der Waals surface area contributed by atoms with E-state index in [1.165, 1.54) is 5.56 Å². The Labute approximate surface area is 132 Å². The van der Waals surface area contributed by atoms with Crippen molar-refractivity contribution in [1.82, 2.24) is 5.32 Å². The third-order valence-corrected chi connectivity index (χ3v) is 2.78. The van der Waals surface area contributed by atoms with E-state index in [0.717, 1.165) is 12.1 Å². The van der Waals surface area contributed by atoms with Crippen LogP contribution in [0.25, 0.3) is 0 Å². The maximum absolute atomic E-state index is 10.2. The number of nitrogens with two attached hydrogens (primary N) is 1. The Balaban J connectivity index is 0.000000220. The molecule has 0 heterocycles. The molecular weight excluding hydrogens is 276 g/mol. The molecule has 4 heteroatoms. The van der Waals surface area contributed by atoms with Gasteiger partial charge in [0, 0.05) is 12.6 Å². The first-order valence-electron chi connectivity index (χ1n) is 7.31. The average Bonchev–Trinajstić information content (AvgIpc) is 2.53. The molecule has 3 N–H and O–H groups in total. The number of carbonyl (C=O) groups is 1. The second-order valence-electron chi connectivity index (χ2n) is 5.11. The van der Waals surface area contributed by atoms with Gasteiger partial charge in [0.2, 0.25) is 0 Å². The molecule has 0 bridgehead atoms. The number of rotatable bonds is 5. The van der Waals surface area contributed by atoms with E-state index in [4.69, 9.17) is 5.73 Å². The summed E-state index contributed by atoms with van der Waals surface area (Å²) in [7, 11) is 0. The van der Waals surface area contributed by atoms with E-state index in [1.54, 1.807) is 0 Å². The molecule has 4 nitrogen and oxygen atoms in total. The minimum absolute atomic E-state index is 0.246. The Morgan fingerprint density at radius 1 is 1.00 bits per heavy atom. The molecule has 0 aliphatic carbocycles. The zero-order chi connectivity index (χ0) is 16.2. The van der Waals surface area contributed by atoms with Gasteiger partial charge in [0.05, 0.1) is 0 Å². The standard InChI is InChI=1S/C10H15N.C8H9NO2/c1-9(2)11-8-10-6-4-3-5-7-10;9-8(10)11-6-7-4-2-1-3-5-7/h3-7,9,11H,8H2,1-2H3;1-5H,6H2,(H2,9,10). The molecule has 118 valence electrons. The van der Waals surface area contributed by atoms with Gasteiger partial charge in [-0.3, -0.25) is 0 Å². The highest BCUT2D eigenvalue weighted by atomic mass is 16.5. The third-order valence-electron chi connectivity index (χ3n) is 2.78. The van der Waals surface area contributed by atoms with Crippen LogP contribution in [0.2, 0.25) is 0 Å². The van der Waals surface area contributed by atoms with Crippen molar-refractivity contribution >= 4 is 6.09 Å². The van der Waals surface area contributed by atoms with E-state index in [9.17, 15) is 4.79 Å². The van der Waals surface area contributed by atoms with Gasteiger partial charge in [-0.15, -0.1) is 0 Å². The van der Waals surface area contributed by atoms with Crippen molar-refractivity contribution in [2.45, 2.75) is 33.0 Å². The van der Waals surface area contributed by atoms with Crippen LogP contribution in [0.4, 0.5) is 4.79 Å². The molecule has 2 aromatic carbocycles. The number of primary amides is 1.